The predicted octanol–water partition coefficient (Wildman–Crippen LogP) is 1.80. The summed E-state index contributed by atoms with van der Waals surface area (Å²) in [6.45, 7) is 3.96. The first-order valence-electron chi connectivity index (χ1n) is 5.00. The van der Waals surface area contributed by atoms with Crippen LogP contribution in [0.3, 0.4) is 0 Å². The van der Waals surface area contributed by atoms with E-state index in [0.29, 0.717) is 6.04 Å². The van der Waals surface area contributed by atoms with Gasteiger partial charge in [0.05, 0.1) is 6.33 Å². The molecule has 1 aromatic rings. The highest BCUT2D eigenvalue weighted by Crippen LogP contribution is 2.22. The third-order valence-electron chi connectivity index (χ3n) is 2.69. The molecule has 2 heterocycles. The van der Waals surface area contributed by atoms with E-state index in [0.717, 1.165) is 32.5 Å². The molecule has 1 aromatic heterocycles. The van der Waals surface area contributed by atoms with E-state index < -0.39 is 0 Å². The summed E-state index contributed by atoms with van der Waals surface area (Å²) in [5.41, 5.74) is 1.34. The second-order valence-corrected chi connectivity index (χ2v) is 3.49. The Morgan fingerprint density at radius 3 is 3.00 bits per heavy atom. The highest BCUT2D eigenvalue weighted by molar-refractivity contribution is 5.00. The quantitative estimate of drug-likeness (QED) is 0.694. The van der Waals surface area contributed by atoms with Crippen molar-refractivity contribution in [2.24, 2.45) is 0 Å². The Morgan fingerprint density at radius 1 is 1.54 bits per heavy atom. The van der Waals surface area contributed by atoms with E-state index in [1.807, 2.05) is 12.5 Å². The lowest BCUT2D eigenvalue weighted by atomic mass is 10.1. The Hall–Kier alpha value is -0.830. The van der Waals surface area contributed by atoms with Crippen LogP contribution in [0.2, 0.25) is 0 Å². The van der Waals surface area contributed by atoms with Gasteiger partial charge in [0.1, 0.15) is 0 Å². The highest BCUT2D eigenvalue weighted by atomic mass is 16.5. The van der Waals surface area contributed by atoms with Crippen molar-refractivity contribution in [2.75, 3.05) is 13.2 Å². The first-order chi connectivity index (χ1) is 6.42. The van der Waals surface area contributed by atoms with Gasteiger partial charge in [-0.25, -0.2) is 4.98 Å². The molecule has 3 heteroatoms. The maximum Gasteiger partial charge on any atom is 0.0950 e. The van der Waals surface area contributed by atoms with E-state index in [-0.39, 0.29) is 0 Å². The smallest absolute Gasteiger partial charge is 0.0950 e. The summed E-state index contributed by atoms with van der Waals surface area (Å²) in [6.07, 6.45) is 7.24. The van der Waals surface area contributed by atoms with E-state index in [1.165, 1.54) is 5.69 Å². The zero-order valence-electron chi connectivity index (χ0n) is 8.07. The van der Waals surface area contributed by atoms with E-state index in [4.69, 9.17) is 4.74 Å². The molecule has 0 N–H and O–H groups in total. The molecule has 0 aromatic carbocycles. The van der Waals surface area contributed by atoms with Gasteiger partial charge in [-0.1, -0.05) is 6.92 Å². The van der Waals surface area contributed by atoms with E-state index in [2.05, 4.69) is 16.5 Å². The highest BCUT2D eigenvalue weighted by Gasteiger charge is 2.16. The molecule has 1 fully saturated rings. The van der Waals surface area contributed by atoms with Gasteiger partial charge >= 0.3 is 0 Å². The predicted molar refractivity (Wildman–Crippen MR) is 50.7 cm³/mol. The Kier molecular flexibility index (Phi) is 2.64. The van der Waals surface area contributed by atoms with Crippen LogP contribution in [0.25, 0.3) is 0 Å². The molecule has 0 aliphatic carbocycles. The second-order valence-electron chi connectivity index (χ2n) is 3.49. The van der Waals surface area contributed by atoms with Crippen LogP contribution in [0.5, 0.6) is 0 Å². The fourth-order valence-corrected chi connectivity index (χ4v) is 1.90. The van der Waals surface area contributed by atoms with Gasteiger partial charge in [-0.05, 0) is 19.3 Å². The molecule has 0 atom stereocenters. The molecule has 0 saturated carbocycles. The van der Waals surface area contributed by atoms with Gasteiger partial charge in [0.25, 0.3) is 0 Å². The van der Waals surface area contributed by atoms with Gasteiger partial charge in [0.2, 0.25) is 0 Å². The van der Waals surface area contributed by atoms with E-state index >= 15 is 0 Å². The van der Waals surface area contributed by atoms with Crippen molar-refractivity contribution >= 4 is 0 Å². The third kappa shape index (κ3) is 1.75. The number of hydrogen-bond acceptors (Lipinski definition) is 2. The lowest BCUT2D eigenvalue weighted by Crippen LogP contribution is -2.20. The SMILES string of the molecule is CCc1cncn1C1CCOCC1. The number of aromatic nitrogens is 2. The summed E-state index contributed by atoms with van der Waals surface area (Å²) in [4.78, 5) is 4.19. The molecular formula is C10H16N2O. The number of hydrogen-bond donors (Lipinski definition) is 0. The molecule has 13 heavy (non-hydrogen) atoms. The average Bonchev–Trinajstić information content (AvgIpc) is 2.67. The maximum atomic E-state index is 5.34. The Bertz CT molecular complexity index is 264. The molecule has 3 nitrogen and oxygen atoms in total. The molecule has 1 aliphatic rings. The van der Waals surface area contributed by atoms with Crippen molar-refractivity contribution in [1.29, 1.82) is 0 Å². The monoisotopic (exact) mass is 180 g/mol. The molecular weight excluding hydrogens is 164 g/mol. The van der Waals surface area contributed by atoms with Gasteiger partial charge in [0, 0.05) is 31.1 Å². The van der Waals surface area contributed by atoms with E-state index in [9.17, 15) is 0 Å². The van der Waals surface area contributed by atoms with Crippen LogP contribution in [0.15, 0.2) is 12.5 Å². The molecule has 0 unspecified atom stereocenters. The van der Waals surface area contributed by atoms with Gasteiger partial charge < -0.3 is 9.30 Å². The lowest BCUT2D eigenvalue weighted by molar-refractivity contribution is 0.0689. The lowest BCUT2D eigenvalue weighted by Gasteiger charge is -2.24. The minimum atomic E-state index is 0.617. The van der Waals surface area contributed by atoms with Crippen LogP contribution in [0.1, 0.15) is 31.5 Å². The van der Waals surface area contributed by atoms with Crippen molar-refractivity contribution in [3.8, 4) is 0 Å². The molecule has 0 amide bonds. The number of nitrogens with zero attached hydrogens (tertiary/aromatic N) is 2. The fourth-order valence-electron chi connectivity index (χ4n) is 1.90. The standard InChI is InChI=1S/C10H16N2O/c1-2-9-7-11-8-12(9)10-3-5-13-6-4-10/h7-8,10H,2-6H2,1H3. The molecule has 1 aliphatic heterocycles. The van der Waals surface area contributed by atoms with Gasteiger partial charge in [-0.2, -0.15) is 0 Å². The largest absolute Gasteiger partial charge is 0.381 e. The third-order valence-corrected chi connectivity index (χ3v) is 2.69. The van der Waals surface area contributed by atoms with Crippen LogP contribution < -0.4 is 0 Å². The minimum Gasteiger partial charge on any atom is -0.381 e. The first kappa shape index (κ1) is 8.75. The Balaban J connectivity index is 2.13. The zero-order valence-corrected chi connectivity index (χ0v) is 8.07. The molecule has 1 saturated heterocycles. The average molecular weight is 180 g/mol. The number of rotatable bonds is 2. The van der Waals surface area contributed by atoms with Crippen LogP contribution in [-0.2, 0) is 11.2 Å². The summed E-state index contributed by atoms with van der Waals surface area (Å²) in [6, 6.07) is 0.617. The Labute approximate surface area is 78.7 Å². The second kappa shape index (κ2) is 3.92. The van der Waals surface area contributed by atoms with Crippen molar-refractivity contribution in [1.82, 2.24) is 9.55 Å². The molecule has 2 rings (SSSR count). The van der Waals surface area contributed by atoms with Gasteiger partial charge in [0.15, 0.2) is 0 Å². The topological polar surface area (TPSA) is 27.1 Å². The summed E-state index contributed by atoms with van der Waals surface area (Å²) in [7, 11) is 0. The van der Waals surface area contributed by atoms with Crippen LogP contribution in [-0.4, -0.2) is 22.8 Å². The Morgan fingerprint density at radius 2 is 2.31 bits per heavy atom. The van der Waals surface area contributed by atoms with Crippen molar-refractivity contribution in [2.45, 2.75) is 32.2 Å². The normalized spacial score (nSPS) is 19.2. The van der Waals surface area contributed by atoms with Gasteiger partial charge in [-0.15, -0.1) is 0 Å². The van der Waals surface area contributed by atoms with Crippen LogP contribution in [0.4, 0.5) is 0 Å². The van der Waals surface area contributed by atoms with Gasteiger partial charge in [-0.3, -0.25) is 0 Å². The fraction of sp³-hybridized carbons (Fsp3) is 0.700. The molecule has 0 bridgehead atoms. The van der Waals surface area contributed by atoms with Crippen LogP contribution in [0, 0.1) is 0 Å². The van der Waals surface area contributed by atoms with Crippen LogP contribution >= 0.6 is 0 Å². The summed E-state index contributed by atoms with van der Waals surface area (Å²) < 4.78 is 7.65. The van der Waals surface area contributed by atoms with Crippen molar-refractivity contribution in [3.63, 3.8) is 0 Å². The zero-order chi connectivity index (χ0) is 9.10. The number of imidazole rings is 1. The summed E-state index contributed by atoms with van der Waals surface area (Å²) in [5.74, 6) is 0. The van der Waals surface area contributed by atoms with E-state index in [1.54, 1.807) is 0 Å². The number of ether oxygens (including phenoxy) is 1. The van der Waals surface area contributed by atoms with Crippen molar-refractivity contribution < 1.29 is 4.74 Å². The summed E-state index contributed by atoms with van der Waals surface area (Å²) >= 11 is 0. The summed E-state index contributed by atoms with van der Waals surface area (Å²) in [5, 5.41) is 0. The molecule has 0 radical (unpaired) electrons. The molecule has 72 valence electrons. The minimum absolute atomic E-state index is 0.617. The number of aryl methyl sites for hydroxylation is 1. The van der Waals surface area contributed by atoms with Crippen molar-refractivity contribution in [3.05, 3.63) is 18.2 Å². The maximum absolute atomic E-state index is 5.34. The molecule has 0 spiro atoms. The first-order valence-corrected chi connectivity index (χ1v) is 5.00.